The van der Waals surface area contributed by atoms with Crippen molar-refractivity contribution in [3.8, 4) is 0 Å². The van der Waals surface area contributed by atoms with E-state index in [4.69, 9.17) is 4.74 Å². The van der Waals surface area contributed by atoms with Gasteiger partial charge in [-0.1, -0.05) is 36.4 Å². The number of ether oxygens (including phenoxy) is 1. The molecular weight excluding hydrogens is 358 g/mol. The van der Waals surface area contributed by atoms with Crippen molar-refractivity contribution >= 4 is 17.6 Å². The molecule has 0 aliphatic carbocycles. The Kier molecular flexibility index (Phi) is 6.11. The Bertz CT molecular complexity index is 921. The predicted molar refractivity (Wildman–Crippen MR) is 103 cm³/mol. The van der Waals surface area contributed by atoms with E-state index in [9.17, 15) is 9.59 Å². The maximum Gasteiger partial charge on any atom is 0.331 e. The number of nitrogens with one attached hydrogen (secondary N) is 1. The van der Waals surface area contributed by atoms with Crippen molar-refractivity contribution in [2.75, 3.05) is 11.9 Å². The number of benzene rings is 2. The Balaban J connectivity index is 1.62. The molecule has 0 aliphatic heterocycles. The standard InChI is InChI=1S/C20H21N5O3/c1-14-8-15(2)10-17(9-14)22-19(26)12-28-20(27)18(25-13-21-23-24-25)11-16-6-4-3-5-7-16/h3-10,13,18H,11-12H2,1-2H3,(H,22,26)/t18-/m1/s1. The number of hydrogen-bond acceptors (Lipinski definition) is 6. The largest absolute Gasteiger partial charge is 0.454 e. The lowest BCUT2D eigenvalue weighted by Gasteiger charge is -2.15. The summed E-state index contributed by atoms with van der Waals surface area (Å²) in [6.07, 6.45) is 1.70. The number of aryl methyl sites for hydroxylation is 2. The molecule has 1 heterocycles. The quantitative estimate of drug-likeness (QED) is 0.632. The first-order valence-electron chi connectivity index (χ1n) is 8.82. The molecule has 0 unspecified atom stereocenters. The van der Waals surface area contributed by atoms with Crippen LogP contribution in [0.1, 0.15) is 22.7 Å². The van der Waals surface area contributed by atoms with Crippen molar-refractivity contribution in [3.63, 3.8) is 0 Å². The molecule has 1 atom stereocenters. The number of aromatic nitrogens is 4. The van der Waals surface area contributed by atoms with Gasteiger partial charge in [-0.05, 0) is 53.1 Å². The van der Waals surface area contributed by atoms with Crippen molar-refractivity contribution in [2.45, 2.75) is 26.3 Å². The van der Waals surface area contributed by atoms with Gasteiger partial charge in [0, 0.05) is 12.1 Å². The number of nitrogens with zero attached hydrogens (tertiary/aromatic N) is 4. The average molecular weight is 379 g/mol. The van der Waals surface area contributed by atoms with Gasteiger partial charge in [0.25, 0.3) is 5.91 Å². The van der Waals surface area contributed by atoms with E-state index in [1.165, 1.54) is 11.0 Å². The minimum atomic E-state index is -0.758. The van der Waals surface area contributed by atoms with Crippen LogP contribution in [0.15, 0.2) is 54.9 Å². The maximum absolute atomic E-state index is 12.6. The summed E-state index contributed by atoms with van der Waals surface area (Å²) in [7, 11) is 0. The number of esters is 1. The van der Waals surface area contributed by atoms with Crippen LogP contribution in [0.3, 0.4) is 0 Å². The van der Waals surface area contributed by atoms with Gasteiger partial charge < -0.3 is 10.1 Å². The third-order valence-electron chi connectivity index (χ3n) is 4.08. The molecule has 0 fully saturated rings. The zero-order chi connectivity index (χ0) is 19.9. The molecule has 0 radical (unpaired) electrons. The zero-order valence-electron chi connectivity index (χ0n) is 15.7. The summed E-state index contributed by atoms with van der Waals surface area (Å²) in [5, 5.41) is 13.7. The number of hydrogen-bond donors (Lipinski definition) is 1. The first-order valence-corrected chi connectivity index (χ1v) is 8.82. The first kappa shape index (κ1) is 19.2. The van der Waals surface area contributed by atoms with Gasteiger partial charge in [0.2, 0.25) is 0 Å². The number of carbonyl (C=O) groups excluding carboxylic acids is 2. The van der Waals surface area contributed by atoms with Gasteiger partial charge in [-0.25, -0.2) is 9.48 Å². The molecule has 0 bridgehead atoms. The van der Waals surface area contributed by atoms with Gasteiger partial charge >= 0.3 is 5.97 Å². The summed E-state index contributed by atoms with van der Waals surface area (Å²) in [5.74, 6) is -0.986. The first-order chi connectivity index (χ1) is 13.5. The smallest absolute Gasteiger partial charge is 0.331 e. The normalized spacial score (nSPS) is 11.6. The highest BCUT2D eigenvalue weighted by Gasteiger charge is 2.24. The molecule has 0 spiro atoms. The third-order valence-corrected chi connectivity index (χ3v) is 4.08. The fourth-order valence-corrected chi connectivity index (χ4v) is 2.91. The van der Waals surface area contributed by atoms with Gasteiger partial charge in [0.15, 0.2) is 12.6 Å². The van der Waals surface area contributed by atoms with Crippen LogP contribution in [0.4, 0.5) is 5.69 Å². The van der Waals surface area contributed by atoms with Crippen LogP contribution in [-0.4, -0.2) is 38.7 Å². The minimum absolute atomic E-state index is 0.351. The van der Waals surface area contributed by atoms with Crippen LogP contribution in [0.25, 0.3) is 0 Å². The lowest BCUT2D eigenvalue weighted by atomic mass is 10.1. The molecule has 2 aromatic carbocycles. The Morgan fingerprint density at radius 1 is 1.11 bits per heavy atom. The second-order valence-electron chi connectivity index (χ2n) is 6.53. The van der Waals surface area contributed by atoms with Crippen LogP contribution in [0.5, 0.6) is 0 Å². The fourth-order valence-electron chi connectivity index (χ4n) is 2.91. The third kappa shape index (κ3) is 5.23. The number of amides is 1. The van der Waals surface area contributed by atoms with E-state index in [1.54, 1.807) is 0 Å². The maximum atomic E-state index is 12.6. The minimum Gasteiger partial charge on any atom is -0.454 e. The van der Waals surface area contributed by atoms with Crippen LogP contribution in [0, 0.1) is 13.8 Å². The summed E-state index contributed by atoms with van der Waals surface area (Å²) >= 11 is 0. The summed E-state index contributed by atoms with van der Waals surface area (Å²) in [6, 6.07) is 14.4. The molecule has 0 saturated heterocycles. The van der Waals surface area contributed by atoms with Gasteiger partial charge in [-0.15, -0.1) is 5.10 Å². The number of carbonyl (C=O) groups is 2. The van der Waals surface area contributed by atoms with Gasteiger partial charge in [-0.3, -0.25) is 4.79 Å². The molecule has 1 amide bonds. The highest BCUT2D eigenvalue weighted by atomic mass is 16.5. The van der Waals surface area contributed by atoms with Gasteiger partial charge in [0.05, 0.1) is 0 Å². The van der Waals surface area contributed by atoms with Crippen LogP contribution >= 0.6 is 0 Å². The second-order valence-corrected chi connectivity index (χ2v) is 6.53. The molecular formula is C20H21N5O3. The van der Waals surface area contributed by atoms with E-state index in [0.717, 1.165) is 16.7 Å². The molecule has 3 rings (SSSR count). The molecule has 0 aliphatic rings. The molecule has 28 heavy (non-hydrogen) atoms. The number of anilines is 1. The predicted octanol–water partition coefficient (Wildman–Crippen LogP) is 2.26. The van der Waals surface area contributed by atoms with Crippen LogP contribution in [-0.2, 0) is 20.7 Å². The molecule has 1 N–H and O–H groups in total. The summed E-state index contributed by atoms with van der Waals surface area (Å²) in [5.41, 5.74) is 3.67. The topological polar surface area (TPSA) is 99.0 Å². The Morgan fingerprint density at radius 2 is 1.82 bits per heavy atom. The molecule has 0 saturated carbocycles. The second kappa shape index (κ2) is 8.90. The van der Waals surface area contributed by atoms with Crippen molar-refractivity contribution in [1.82, 2.24) is 20.2 Å². The summed E-state index contributed by atoms with van der Waals surface area (Å²) < 4.78 is 6.56. The number of rotatable bonds is 7. The van der Waals surface area contributed by atoms with E-state index in [0.29, 0.717) is 12.1 Å². The Morgan fingerprint density at radius 3 is 2.46 bits per heavy atom. The molecule has 8 nitrogen and oxygen atoms in total. The average Bonchev–Trinajstić information content (AvgIpc) is 3.18. The lowest BCUT2D eigenvalue weighted by molar-refractivity contribution is -0.151. The highest BCUT2D eigenvalue weighted by Crippen LogP contribution is 2.16. The highest BCUT2D eigenvalue weighted by molar-refractivity contribution is 5.93. The van der Waals surface area contributed by atoms with Gasteiger partial charge in [0.1, 0.15) is 6.33 Å². The van der Waals surface area contributed by atoms with Crippen molar-refractivity contribution < 1.29 is 14.3 Å². The van der Waals surface area contributed by atoms with Crippen molar-refractivity contribution in [1.29, 1.82) is 0 Å². The van der Waals surface area contributed by atoms with E-state index in [-0.39, 0.29) is 6.61 Å². The van der Waals surface area contributed by atoms with E-state index >= 15 is 0 Å². The van der Waals surface area contributed by atoms with E-state index < -0.39 is 17.9 Å². The monoisotopic (exact) mass is 379 g/mol. The molecule has 8 heteroatoms. The Labute approximate surface area is 162 Å². The van der Waals surface area contributed by atoms with Crippen molar-refractivity contribution in [2.24, 2.45) is 0 Å². The fraction of sp³-hybridized carbons (Fsp3) is 0.250. The summed E-state index contributed by atoms with van der Waals surface area (Å²) in [6.45, 7) is 3.51. The van der Waals surface area contributed by atoms with Crippen LogP contribution < -0.4 is 5.32 Å². The van der Waals surface area contributed by atoms with Crippen molar-refractivity contribution in [3.05, 3.63) is 71.5 Å². The van der Waals surface area contributed by atoms with E-state index in [2.05, 4.69) is 20.8 Å². The zero-order valence-corrected chi connectivity index (χ0v) is 15.7. The van der Waals surface area contributed by atoms with Gasteiger partial charge in [-0.2, -0.15) is 0 Å². The number of tetrazole rings is 1. The Hall–Kier alpha value is -3.55. The SMILES string of the molecule is Cc1cc(C)cc(NC(=O)COC(=O)[C@@H](Cc2ccccc2)n2cnnn2)c1. The van der Waals surface area contributed by atoms with E-state index in [1.807, 2.05) is 62.4 Å². The summed E-state index contributed by atoms with van der Waals surface area (Å²) in [4.78, 5) is 24.8. The molecule has 1 aromatic heterocycles. The van der Waals surface area contributed by atoms with Crippen LogP contribution in [0.2, 0.25) is 0 Å². The molecule has 3 aromatic rings. The lowest BCUT2D eigenvalue weighted by Crippen LogP contribution is -2.28. The molecule has 144 valence electrons.